The Kier molecular flexibility index (Phi) is 9.74. The molecule has 178 valence electrons. The minimum atomic E-state index is -4.49. The van der Waals surface area contributed by atoms with Crippen LogP contribution in [-0.4, -0.2) is 46.2 Å². The van der Waals surface area contributed by atoms with E-state index in [1.54, 1.807) is 6.08 Å². The molecule has 6 nitrogen and oxygen atoms in total. The van der Waals surface area contributed by atoms with Gasteiger partial charge in [0.15, 0.2) is 0 Å². The predicted octanol–water partition coefficient (Wildman–Crippen LogP) is 2.23. The minimum absolute atomic E-state index is 0.0229. The second-order valence-corrected chi connectivity index (χ2v) is 7.87. The lowest BCUT2D eigenvalue weighted by Crippen LogP contribution is -2.21. The Bertz CT molecular complexity index is 792. The molecule has 0 unspecified atom stereocenters. The van der Waals surface area contributed by atoms with Gasteiger partial charge in [-0.3, -0.25) is 0 Å². The Balaban J connectivity index is 1.87. The third-order valence-corrected chi connectivity index (χ3v) is 5.38. The van der Waals surface area contributed by atoms with Crippen molar-refractivity contribution in [2.75, 3.05) is 6.61 Å². The number of carbonyl (C=O) groups excluding carboxylic acids is 1. The third-order valence-electron chi connectivity index (χ3n) is 5.38. The summed E-state index contributed by atoms with van der Waals surface area (Å²) in [6.07, 6.45) is 1.15. The van der Waals surface area contributed by atoms with Crippen molar-refractivity contribution in [2.24, 2.45) is 11.8 Å². The number of alkyl halides is 3. The summed E-state index contributed by atoms with van der Waals surface area (Å²) in [4.78, 5) is 10.4. The van der Waals surface area contributed by atoms with Crippen LogP contribution in [0.15, 0.2) is 48.6 Å². The second-order valence-electron chi connectivity index (χ2n) is 7.87. The summed E-state index contributed by atoms with van der Waals surface area (Å²) in [6.45, 7) is -0.272. The number of aliphatic hydroxyl groups is 3. The number of ether oxygens (including phenoxy) is 1. The van der Waals surface area contributed by atoms with Crippen LogP contribution in [0, 0.1) is 11.8 Å². The first kappa shape index (κ1) is 25.9. The molecule has 2 rings (SSSR count). The highest BCUT2D eigenvalue weighted by molar-refractivity contribution is 5.64. The van der Waals surface area contributed by atoms with Crippen LogP contribution < -0.4 is 9.84 Å². The van der Waals surface area contributed by atoms with E-state index in [4.69, 9.17) is 4.74 Å². The molecule has 0 heterocycles. The molecule has 32 heavy (non-hydrogen) atoms. The van der Waals surface area contributed by atoms with Gasteiger partial charge in [-0.05, 0) is 49.8 Å². The van der Waals surface area contributed by atoms with Gasteiger partial charge in [0.1, 0.15) is 18.5 Å². The molecule has 1 aliphatic rings. The Labute approximate surface area is 184 Å². The van der Waals surface area contributed by atoms with Gasteiger partial charge in [-0.25, -0.2) is 0 Å². The van der Waals surface area contributed by atoms with Gasteiger partial charge < -0.3 is 30.0 Å². The highest BCUT2D eigenvalue weighted by atomic mass is 19.4. The number of aliphatic carboxylic acids is 1. The van der Waals surface area contributed by atoms with Crippen molar-refractivity contribution in [1.82, 2.24) is 0 Å². The highest BCUT2D eigenvalue weighted by Gasteiger charge is 2.39. The molecule has 1 fully saturated rings. The lowest BCUT2D eigenvalue weighted by Gasteiger charge is -2.19. The second kappa shape index (κ2) is 12.0. The molecule has 9 heteroatoms. The van der Waals surface area contributed by atoms with E-state index in [0.29, 0.717) is 19.3 Å². The molecule has 1 aliphatic carbocycles. The maximum atomic E-state index is 12.8. The van der Waals surface area contributed by atoms with Gasteiger partial charge in [0.2, 0.25) is 0 Å². The topological polar surface area (TPSA) is 110 Å². The molecular formula is C23H28F3O6-. The molecule has 1 aromatic rings. The average molecular weight is 457 g/mol. The minimum Gasteiger partial charge on any atom is -0.550 e. The molecular weight excluding hydrogens is 429 g/mol. The number of carbonyl (C=O) groups is 1. The number of carboxylic acid groups (broad SMARTS) is 1. The Morgan fingerprint density at radius 3 is 2.69 bits per heavy atom. The summed E-state index contributed by atoms with van der Waals surface area (Å²) in [6, 6.07) is 4.35. The highest BCUT2D eigenvalue weighted by Crippen LogP contribution is 2.36. The molecule has 0 saturated heterocycles. The van der Waals surface area contributed by atoms with E-state index in [9.17, 15) is 38.4 Å². The Hall–Kier alpha value is -2.36. The summed E-state index contributed by atoms with van der Waals surface area (Å²) in [5.74, 6) is -1.82. The molecule has 5 atom stereocenters. The van der Waals surface area contributed by atoms with E-state index in [0.717, 1.165) is 12.1 Å². The van der Waals surface area contributed by atoms with Crippen molar-refractivity contribution in [2.45, 2.75) is 56.6 Å². The van der Waals surface area contributed by atoms with Crippen molar-refractivity contribution >= 4 is 5.97 Å². The molecule has 0 aliphatic heterocycles. The van der Waals surface area contributed by atoms with Crippen LogP contribution >= 0.6 is 0 Å². The van der Waals surface area contributed by atoms with Crippen LogP contribution in [0.4, 0.5) is 13.2 Å². The van der Waals surface area contributed by atoms with Gasteiger partial charge in [-0.15, -0.1) is 0 Å². The zero-order chi connectivity index (χ0) is 23.7. The van der Waals surface area contributed by atoms with E-state index in [-0.39, 0.29) is 31.1 Å². The van der Waals surface area contributed by atoms with Crippen LogP contribution in [-0.2, 0) is 11.0 Å². The first-order chi connectivity index (χ1) is 15.1. The quantitative estimate of drug-likeness (QED) is 0.347. The SMILES string of the molecule is O=C([O-])CCC/C=C\C[C@@H]1[C@@H](/C=C/[C@@H](O)COc2cccc(C(F)(F)F)c2)[C@H](O)C[C@@H]1O. The molecule has 0 spiro atoms. The van der Waals surface area contributed by atoms with E-state index >= 15 is 0 Å². The van der Waals surface area contributed by atoms with Gasteiger partial charge in [0.05, 0.1) is 17.8 Å². The average Bonchev–Trinajstić information content (AvgIpc) is 2.99. The smallest absolute Gasteiger partial charge is 0.416 e. The molecule has 0 radical (unpaired) electrons. The number of halogens is 3. The van der Waals surface area contributed by atoms with Crippen molar-refractivity contribution in [3.8, 4) is 5.75 Å². The number of aliphatic hydroxyl groups excluding tert-OH is 3. The lowest BCUT2D eigenvalue weighted by atomic mass is 9.89. The van der Waals surface area contributed by atoms with Crippen molar-refractivity contribution in [3.63, 3.8) is 0 Å². The molecule has 1 saturated carbocycles. The first-order valence-corrected chi connectivity index (χ1v) is 10.5. The van der Waals surface area contributed by atoms with E-state index in [1.807, 2.05) is 12.2 Å². The number of hydrogen-bond acceptors (Lipinski definition) is 6. The van der Waals surface area contributed by atoms with Crippen LogP contribution in [0.2, 0.25) is 0 Å². The number of unbranched alkanes of at least 4 members (excludes halogenated alkanes) is 1. The summed E-state index contributed by atoms with van der Waals surface area (Å²) in [7, 11) is 0. The van der Waals surface area contributed by atoms with Gasteiger partial charge >= 0.3 is 6.18 Å². The molecule has 1 aromatic carbocycles. The first-order valence-electron chi connectivity index (χ1n) is 10.5. The fourth-order valence-corrected chi connectivity index (χ4v) is 3.70. The van der Waals surface area contributed by atoms with Gasteiger partial charge in [0, 0.05) is 18.3 Å². The Morgan fingerprint density at radius 1 is 1.25 bits per heavy atom. The fourth-order valence-electron chi connectivity index (χ4n) is 3.70. The number of allylic oxidation sites excluding steroid dienone is 2. The molecule has 3 N–H and O–H groups in total. The largest absolute Gasteiger partial charge is 0.550 e. The molecule has 0 bridgehead atoms. The number of benzene rings is 1. The Morgan fingerprint density at radius 2 is 2.00 bits per heavy atom. The zero-order valence-electron chi connectivity index (χ0n) is 17.4. The van der Waals surface area contributed by atoms with Crippen LogP contribution in [0.1, 0.15) is 37.7 Å². The maximum absolute atomic E-state index is 12.8. The lowest BCUT2D eigenvalue weighted by molar-refractivity contribution is -0.305. The normalized spacial score (nSPS) is 24.9. The number of rotatable bonds is 11. The maximum Gasteiger partial charge on any atom is 0.416 e. The van der Waals surface area contributed by atoms with Crippen molar-refractivity contribution < 1.29 is 43.1 Å². The van der Waals surface area contributed by atoms with Crippen LogP contribution in [0.3, 0.4) is 0 Å². The van der Waals surface area contributed by atoms with Gasteiger partial charge in [0.25, 0.3) is 0 Å². The monoisotopic (exact) mass is 457 g/mol. The van der Waals surface area contributed by atoms with Crippen molar-refractivity contribution in [1.29, 1.82) is 0 Å². The van der Waals surface area contributed by atoms with Gasteiger partial charge in [-0.1, -0.05) is 30.4 Å². The zero-order valence-corrected chi connectivity index (χ0v) is 17.4. The fraction of sp³-hybridized carbons (Fsp3) is 0.522. The van der Waals surface area contributed by atoms with Crippen LogP contribution in [0.25, 0.3) is 0 Å². The van der Waals surface area contributed by atoms with E-state index in [1.165, 1.54) is 18.2 Å². The number of hydrogen-bond donors (Lipinski definition) is 3. The molecule has 0 aromatic heterocycles. The molecule has 0 amide bonds. The summed E-state index contributed by atoms with van der Waals surface area (Å²) in [5, 5.41) is 41.0. The summed E-state index contributed by atoms with van der Waals surface area (Å²) < 4.78 is 43.5. The summed E-state index contributed by atoms with van der Waals surface area (Å²) >= 11 is 0. The number of carboxylic acids is 1. The van der Waals surface area contributed by atoms with Gasteiger partial charge in [-0.2, -0.15) is 13.2 Å². The van der Waals surface area contributed by atoms with Crippen molar-refractivity contribution in [3.05, 3.63) is 54.1 Å². The van der Waals surface area contributed by atoms with Crippen LogP contribution in [0.5, 0.6) is 5.75 Å². The third kappa shape index (κ3) is 8.29. The van der Waals surface area contributed by atoms with E-state index in [2.05, 4.69) is 0 Å². The predicted molar refractivity (Wildman–Crippen MR) is 108 cm³/mol. The summed E-state index contributed by atoms with van der Waals surface area (Å²) in [5.41, 5.74) is -0.848. The van der Waals surface area contributed by atoms with E-state index < -0.39 is 41.9 Å². The standard InChI is InChI=1S/C23H29F3O6/c24-23(25,26)15-6-5-7-17(12-15)32-14-16(27)10-11-19-18(20(28)13-21(19)29)8-3-1-2-4-9-22(30)31/h1,3,5-7,10-12,16,18-21,27-29H,2,4,8-9,13-14H2,(H,30,31)/p-1/b3-1-,11-10+/t16-,18-,19-,20+,21-/m1/s1.